The van der Waals surface area contributed by atoms with Gasteiger partial charge in [-0.25, -0.2) is 14.8 Å². The summed E-state index contributed by atoms with van der Waals surface area (Å²) >= 11 is 0. The lowest BCUT2D eigenvalue weighted by Gasteiger charge is -2.41. The van der Waals surface area contributed by atoms with E-state index in [-0.39, 0.29) is 24.6 Å². The third kappa shape index (κ3) is 4.27. The molecule has 2 saturated heterocycles. The number of nitrogens with one attached hydrogen (secondary N) is 2. The average molecular weight is 491 g/mol. The summed E-state index contributed by atoms with van der Waals surface area (Å²) in [5, 5.41) is 6.38. The number of para-hydroxylation sites is 1. The smallest absolute Gasteiger partial charge is 0.414 e. The normalized spacial score (nSPS) is 19.9. The van der Waals surface area contributed by atoms with E-state index in [4.69, 9.17) is 14.2 Å². The molecule has 11 heteroatoms. The Hall–Kier alpha value is -3.96. The minimum absolute atomic E-state index is 0.00696. The zero-order chi connectivity index (χ0) is 24.6. The van der Waals surface area contributed by atoms with Crippen LogP contribution >= 0.6 is 0 Å². The van der Waals surface area contributed by atoms with Gasteiger partial charge in [-0.05, 0) is 29.8 Å². The molecule has 0 spiro atoms. The maximum atomic E-state index is 12.5. The van der Waals surface area contributed by atoms with Crippen molar-refractivity contribution in [2.75, 3.05) is 50.2 Å². The predicted molar refractivity (Wildman–Crippen MR) is 131 cm³/mol. The molecule has 0 unspecified atom stereocenters. The number of carbonyl (C=O) groups is 2. The first kappa shape index (κ1) is 22.5. The van der Waals surface area contributed by atoms with Gasteiger partial charge in [-0.15, -0.1) is 0 Å². The van der Waals surface area contributed by atoms with Crippen molar-refractivity contribution in [3.63, 3.8) is 0 Å². The predicted octanol–water partition coefficient (Wildman–Crippen LogP) is 1.77. The first-order valence-corrected chi connectivity index (χ1v) is 11.8. The fourth-order valence-electron chi connectivity index (χ4n) is 4.85. The van der Waals surface area contributed by atoms with Crippen LogP contribution in [0.2, 0.25) is 0 Å². The Bertz CT molecular complexity index is 1330. The highest BCUT2D eigenvalue weighted by Crippen LogP contribution is 2.34. The van der Waals surface area contributed by atoms with Gasteiger partial charge in [0.25, 0.3) is 5.91 Å². The van der Waals surface area contributed by atoms with Gasteiger partial charge in [0.15, 0.2) is 6.61 Å². The number of hydrogen-bond donors (Lipinski definition) is 2. The molecule has 6 rings (SSSR count). The van der Waals surface area contributed by atoms with E-state index < -0.39 is 0 Å². The average Bonchev–Trinajstić information content (AvgIpc) is 3.24. The first-order valence-electron chi connectivity index (χ1n) is 11.8. The molecule has 2 amide bonds. The molecule has 186 valence electrons. The second-order valence-electron chi connectivity index (χ2n) is 9.11. The van der Waals surface area contributed by atoms with Crippen LogP contribution in [0.5, 0.6) is 11.6 Å². The van der Waals surface area contributed by atoms with E-state index in [1.807, 2.05) is 24.3 Å². The SMILES string of the molecule is COc1cnc2cccc(CNC3CN(C[C@H]4COC(=O)N4c4ccc5c(c4)NC(=O)CO5)C3)c2n1. The van der Waals surface area contributed by atoms with E-state index in [2.05, 4.69) is 25.5 Å². The fourth-order valence-corrected chi connectivity index (χ4v) is 4.85. The van der Waals surface area contributed by atoms with E-state index in [9.17, 15) is 9.59 Å². The summed E-state index contributed by atoms with van der Waals surface area (Å²) in [4.78, 5) is 37.1. The molecule has 0 saturated carbocycles. The number of fused-ring (bicyclic) bond motifs is 2. The summed E-state index contributed by atoms with van der Waals surface area (Å²) in [7, 11) is 1.58. The maximum Gasteiger partial charge on any atom is 0.414 e. The minimum Gasteiger partial charge on any atom is -0.482 e. The fraction of sp³-hybridized carbons (Fsp3) is 0.360. The van der Waals surface area contributed by atoms with Crippen molar-refractivity contribution in [1.29, 1.82) is 0 Å². The standard InChI is InChI=1S/C25H26N6O5/c1-34-23-9-27-19-4-2-3-15(24(19)29-23)8-26-16-10-30(11-16)12-18-13-36-25(33)31(18)17-5-6-21-20(7-17)28-22(32)14-35-21/h2-7,9,16,18,26H,8,10-14H2,1H3,(H,28,32)/t18-/m0/s1. The van der Waals surface area contributed by atoms with Gasteiger partial charge in [0.1, 0.15) is 12.4 Å². The van der Waals surface area contributed by atoms with Crippen molar-refractivity contribution in [1.82, 2.24) is 20.2 Å². The zero-order valence-corrected chi connectivity index (χ0v) is 19.8. The molecular formula is C25H26N6O5. The number of carbonyl (C=O) groups excluding carboxylic acids is 2. The van der Waals surface area contributed by atoms with E-state index in [0.29, 0.717) is 48.7 Å². The highest BCUT2D eigenvalue weighted by molar-refractivity contribution is 5.97. The van der Waals surface area contributed by atoms with E-state index in [1.165, 1.54) is 0 Å². The molecule has 36 heavy (non-hydrogen) atoms. The topological polar surface area (TPSA) is 118 Å². The Morgan fingerprint density at radius 3 is 2.94 bits per heavy atom. The summed E-state index contributed by atoms with van der Waals surface area (Å²) in [6, 6.07) is 11.5. The van der Waals surface area contributed by atoms with Crippen molar-refractivity contribution in [2.24, 2.45) is 0 Å². The molecule has 2 aromatic carbocycles. The lowest BCUT2D eigenvalue weighted by molar-refractivity contribution is -0.118. The molecule has 0 aliphatic carbocycles. The number of methoxy groups -OCH3 is 1. The Morgan fingerprint density at radius 1 is 1.19 bits per heavy atom. The molecule has 2 fully saturated rings. The maximum absolute atomic E-state index is 12.5. The summed E-state index contributed by atoms with van der Waals surface area (Å²) in [6.45, 7) is 3.42. The Kier molecular flexibility index (Phi) is 5.78. The number of anilines is 2. The Balaban J connectivity index is 1.06. The first-order chi connectivity index (χ1) is 17.6. The van der Waals surface area contributed by atoms with Crippen LogP contribution in [-0.2, 0) is 16.1 Å². The second-order valence-corrected chi connectivity index (χ2v) is 9.11. The number of nitrogens with zero attached hydrogens (tertiary/aromatic N) is 4. The van der Waals surface area contributed by atoms with Crippen molar-refractivity contribution in [3.8, 4) is 11.6 Å². The highest BCUT2D eigenvalue weighted by atomic mass is 16.6. The number of rotatable bonds is 7. The van der Waals surface area contributed by atoms with Crippen LogP contribution in [-0.4, -0.2) is 78.9 Å². The van der Waals surface area contributed by atoms with Gasteiger partial charge in [0, 0.05) is 37.9 Å². The number of benzene rings is 2. The van der Waals surface area contributed by atoms with Crippen LogP contribution in [0.4, 0.5) is 16.2 Å². The van der Waals surface area contributed by atoms with Crippen LogP contribution in [0.3, 0.4) is 0 Å². The van der Waals surface area contributed by atoms with Gasteiger partial charge < -0.3 is 24.8 Å². The lowest BCUT2D eigenvalue weighted by atomic mass is 10.1. The minimum atomic E-state index is -0.384. The van der Waals surface area contributed by atoms with Crippen molar-refractivity contribution >= 4 is 34.4 Å². The Morgan fingerprint density at radius 2 is 2.08 bits per heavy atom. The molecule has 1 atom stereocenters. The van der Waals surface area contributed by atoms with Gasteiger partial charge in [-0.2, -0.15) is 0 Å². The quantitative estimate of drug-likeness (QED) is 0.511. The van der Waals surface area contributed by atoms with Gasteiger partial charge >= 0.3 is 6.09 Å². The number of amides is 2. The lowest BCUT2D eigenvalue weighted by Crippen LogP contribution is -2.60. The van der Waals surface area contributed by atoms with Crippen molar-refractivity contribution in [3.05, 3.63) is 48.2 Å². The van der Waals surface area contributed by atoms with Gasteiger partial charge in [0.05, 0.1) is 36.1 Å². The monoisotopic (exact) mass is 490 g/mol. The Labute approximate surface area is 207 Å². The molecule has 4 heterocycles. The number of ether oxygens (including phenoxy) is 3. The molecule has 1 aromatic heterocycles. The molecule has 2 N–H and O–H groups in total. The molecule has 0 radical (unpaired) electrons. The molecule has 3 aliphatic rings. The van der Waals surface area contributed by atoms with E-state index in [0.717, 1.165) is 29.7 Å². The molecular weight excluding hydrogens is 464 g/mol. The van der Waals surface area contributed by atoms with Gasteiger partial charge in [0.2, 0.25) is 5.88 Å². The second kappa shape index (κ2) is 9.25. The van der Waals surface area contributed by atoms with Crippen LogP contribution in [0, 0.1) is 0 Å². The summed E-state index contributed by atoms with van der Waals surface area (Å²) in [5.41, 5.74) is 3.98. The number of aromatic nitrogens is 2. The van der Waals surface area contributed by atoms with Crippen LogP contribution in [0.1, 0.15) is 5.56 Å². The summed E-state index contributed by atoms with van der Waals surface area (Å²) in [5.74, 6) is 0.875. The summed E-state index contributed by atoms with van der Waals surface area (Å²) in [6.07, 6.45) is 1.24. The van der Waals surface area contributed by atoms with E-state index in [1.54, 1.807) is 30.3 Å². The molecule has 0 bridgehead atoms. The van der Waals surface area contributed by atoms with Crippen LogP contribution in [0.15, 0.2) is 42.6 Å². The van der Waals surface area contributed by atoms with Crippen molar-refractivity contribution in [2.45, 2.75) is 18.6 Å². The largest absolute Gasteiger partial charge is 0.482 e. The number of cyclic esters (lactones) is 1. The van der Waals surface area contributed by atoms with Crippen LogP contribution in [0.25, 0.3) is 11.0 Å². The zero-order valence-electron chi connectivity index (χ0n) is 19.8. The third-order valence-electron chi connectivity index (χ3n) is 6.69. The molecule has 11 nitrogen and oxygen atoms in total. The highest BCUT2D eigenvalue weighted by Gasteiger charge is 2.38. The van der Waals surface area contributed by atoms with E-state index >= 15 is 0 Å². The third-order valence-corrected chi connectivity index (χ3v) is 6.69. The number of likely N-dealkylation sites (tertiary alicyclic amines) is 1. The molecule has 3 aromatic rings. The van der Waals surface area contributed by atoms with Gasteiger partial charge in [-0.3, -0.25) is 14.6 Å². The molecule has 3 aliphatic heterocycles. The van der Waals surface area contributed by atoms with Crippen LogP contribution < -0.4 is 25.0 Å². The summed E-state index contributed by atoms with van der Waals surface area (Å²) < 4.78 is 16.0. The van der Waals surface area contributed by atoms with Gasteiger partial charge in [-0.1, -0.05) is 12.1 Å². The number of hydrogen-bond acceptors (Lipinski definition) is 9. The van der Waals surface area contributed by atoms with Crippen molar-refractivity contribution < 1.29 is 23.8 Å².